The van der Waals surface area contributed by atoms with Crippen LogP contribution < -0.4 is 25.0 Å². The highest BCUT2D eigenvalue weighted by atomic mass is 16.5. The van der Waals surface area contributed by atoms with E-state index in [-0.39, 0.29) is 12.5 Å². The summed E-state index contributed by atoms with van der Waals surface area (Å²) in [6.45, 7) is 3.79. The molecule has 0 radical (unpaired) electrons. The lowest BCUT2D eigenvalue weighted by atomic mass is 10.2. The Kier molecular flexibility index (Phi) is 8.81. The van der Waals surface area contributed by atoms with Crippen LogP contribution in [0.3, 0.4) is 0 Å². The van der Waals surface area contributed by atoms with Crippen molar-refractivity contribution in [1.82, 2.24) is 5.43 Å². The second-order valence-corrected chi connectivity index (χ2v) is 6.94. The van der Waals surface area contributed by atoms with Crippen LogP contribution in [-0.2, 0) is 4.79 Å². The highest BCUT2D eigenvalue weighted by molar-refractivity contribution is 5.95. The van der Waals surface area contributed by atoms with E-state index in [0.717, 1.165) is 0 Å². The van der Waals surface area contributed by atoms with E-state index < -0.39 is 5.91 Å². The predicted octanol–water partition coefficient (Wildman–Crippen LogP) is 4.04. The summed E-state index contributed by atoms with van der Waals surface area (Å²) in [6.07, 6.45) is 3.10. The summed E-state index contributed by atoms with van der Waals surface area (Å²) < 4.78 is 16.3. The maximum Gasteiger partial charge on any atom is 0.271 e. The number of benzene rings is 3. The maximum absolute atomic E-state index is 12.4. The highest BCUT2D eigenvalue weighted by Crippen LogP contribution is 2.28. The SMILES string of the molecule is C=CCOc1ccc(C(=O)N/N=C/c2cccc(OCC(=O)Nc3ccccc3)c2)cc1OC. The molecule has 0 atom stereocenters. The molecule has 8 nitrogen and oxygen atoms in total. The maximum atomic E-state index is 12.4. The van der Waals surface area contributed by atoms with Crippen LogP contribution in [0.5, 0.6) is 17.2 Å². The molecule has 3 aromatic rings. The number of nitrogens with zero attached hydrogens (tertiary/aromatic N) is 1. The highest BCUT2D eigenvalue weighted by Gasteiger charge is 2.10. The Bertz CT molecular complexity index is 1160. The van der Waals surface area contributed by atoms with E-state index in [0.29, 0.717) is 40.7 Å². The molecule has 0 bridgehead atoms. The van der Waals surface area contributed by atoms with Gasteiger partial charge < -0.3 is 19.5 Å². The zero-order chi connectivity index (χ0) is 24.2. The third kappa shape index (κ3) is 7.23. The van der Waals surface area contributed by atoms with E-state index in [1.165, 1.54) is 13.3 Å². The molecule has 2 amide bonds. The van der Waals surface area contributed by atoms with E-state index >= 15 is 0 Å². The van der Waals surface area contributed by atoms with E-state index in [9.17, 15) is 9.59 Å². The summed E-state index contributed by atoms with van der Waals surface area (Å²) in [4.78, 5) is 24.5. The third-order valence-corrected chi connectivity index (χ3v) is 4.45. The molecule has 0 saturated heterocycles. The zero-order valence-electron chi connectivity index (χ0n) is 18.7. The largest absolute Gasteiger partial charge is 0.493 e. The summed E-state index contributed by atoms with van der Waals surface area (Å²) in [5.41, 5.74) is 4.22. The van der Waals surface area contributed by atoms with Crippen LogP contribution >= 0.6 is 0 Å². The fourth-order valence-corrected chi connectivity index (χ4v) is 2.86. The average molecular weight is 460 g/mol. The van der Waals surface area contributed by atoms with Crippen molar-refractivity contribution < 1.29 is 23.8 Å². The Morgan fingerprint density at radius 1 is 0.971 bits per heavy atom. The molecule has 2 N–H and O–H groups in total. The first-order valence-corrected chi connectivity index (χ1v) is 10.4. The fourth-order valence-electron chi connectivity index (χ4n) is 2.86. The van der Waals surface area contributed by atoms with Gasteiger partial charge in [-0.25, -0.2) is 5.43 Å². The first-order valence-electron chi connectivity index (χ1n) is 10.4. The summed E-state index contributed by atoms with van der Waals surface area (Å²) in [5.74, 6) is 0.762. The standard InChI is InChI=1S/C26H25N3O5/c1-3-14-33-23-13-12-20(16-24(23)32-2)26(31)29-27-17-19-8-7-11-22(15-19)34-18-25(30)28-21-9-5-4-6-10-21/h3-13,15-17H,1,14,18H2,2H3,(H,28,30)(H,29,31)/b27-17+. The minimum Gasteiger partial charge on any atom is -0.493 e. The first-order chi connectivity index (χ1) is 16.6. The van der Waals surface area contributed by atoms with Crippen molar-refractivity contribution >= 4 is 23.7 Å². The van der Waals surface area contributed by atoms with Gasteiger partial charge in [0, 0.05) is 11.3 Å². The second kappa shape index (κ2) is 12.4. The molecule has 0 unspecified atom stereocenters. The molecule has 3 rings (SSSR count). The predicted molar refractivity (Wildman–Crippen MR) is 131 cm³/mol. The quantitative estimate of drug-likeness (QED) is 0.256. The average Bonchev–Trinajstić information content (AvgIpc) is 2.87. The number of methoxy groups -OCH3 is 1. The van der Waals surface area contributed by atoms with Crippen molar-refractivity contribution in [2.24, 2.45) is 5.10 Å². The lowest BCUT2D eigenvalue weighted by Gasteiger charge is -2.10. The Hall–Kier alpha value is -4.59. The number of nitrogens with one attached hydrogen (secondary N) is 2. The van der Waals surface area contributed by atoms with Crippen molar-refractivity contribution in [3.8, 4) is 17.2 Å². The van der Waals surface area contributed by atoms with Crippen molar-refractivity contribution in [3.05, 3.63) is 96.6 Å². The Balaban J connectivity index is 1.53. The molecular weight excluding hydrogens is 434 g/mol. The number of para-hydroxylation sites is 1. The molecule has 0 spiro atoms. The summed E-state index contributed by atoms with van der Waals surface area (Å²) >= 11 is 0. The number of ether oxygens (including phenoxy) is 3. The van der Waals surface area contributed by atoms with Crippen molar-refractivity contribution in [2.45, 2.75) is 0 Å². The van der Waals surface area contributed by atoms with Gasteiger partial charge in [-0.15, -0.1) is 0 Å². The van der Waals surface area contributed by atoms with Crippen molar-refractivity contribution in [1.29, 1.82) is 0 Å². The molecular formula is C26H25N3O5. The van der Waals surface area contributed by atoms with E-state index in [1.54, 1.807) is 60.7 Å². The molecule has 8 heteroatoms. The number of hydrogen-bond donors (Lipinski definition) is 2. The fraction of sp³-hybridized carbons (Fsp3) is 0.115. The van der Waals surface area contributed by atoms with Crippen LogP contribution in [0.25, 0.3) is 0 Å². The molecule has 0 fully saturated rings. The van der Waals surface area contributed by atoms with Gasteiger partial charge in [0.25, 0.3) is 11.8 Å². The van der Waals surface area contributed by atoms with Crippen LogP contribution in [0.1, 0.15) is 15.9 Å². The Morgan fingerprint density at radius 2 is 1.79 bits per heavy atom. The summed E-state index contributed by atoms with van der Waals surface area (Å²) in [6, 6.07) is 21.0. The van der Waals surface area contributed by atoms with Crippen LogP contribution in [0.15, 0.2) is 90.6 Å². The lowest BCUT2D eigenvalue weighted by molar-refractivity contribution is -0.118. The number of rotatable bonds is 11. The van der Waals surface area contributed by atoms with Crippen LogP contribution in [0.4, 0.5) is 5.69 Å². The number of hydrazone groups is 1. The molecule has 3 aromatic carbocycles. The van der Waals surface area contributed by atoms with Gasteiger partial charge in [-0.3, -0.25) is 9.59 Å². The van der Waals surface area contributed by atoms with Gasteiger partial charge in [-0.1, -0.05) is 43.0 Å². The Labute approximate surface area is 197 Å². The summed E-state index contributed by atoms with van der Waals surface area (Å²) in [7, 11) is 1.50. The van der Waals surface area contributed by atoms with Crippen molar-refractivity contribution in [2.75, 3.05) is 25.6 Å². The zero-order valence-corrected chi connectivity index (χ0v) is 18.7. The van der Waals surface area contributed by atoms with Gasteiger partial charge in [0.2, 0.25) is 0 Å². The molecule has 0 heterocycles. The van der Waals surface area contributed by atoms with Gasteiger partial charge in [-0.05, 0) is 48.0 Å². The van der Waals surface area contributed by atoms with Crippen LogP contribution in [0, 0.1) is 0 Å². The number of amides is 2. The number of carbonyl (C=O) groups is 2. The molecule has 0 saturated carbocycles. The topological polar surface area (TPSA) is 98.3 Å². The van der Waals surface area contributed by atoms with Gasteiger partial charge in [0.1, 0.15) is 12.4 Å². The van der Waals surface area contributed by atoms with E-state index in [4.69, 9.17) is 14.2 Å². The first kappa shape index (κ1) is 24.1. The smallest absolute Gasteiger partial charge is 0.271 e. The molecule has 34 heavy (non-hydrogen) atoms. The minimum absolute atomic E-state index is 0.138. The van der Waals surface area contributed by atoms with E-state index in [1.807, 2.05) is 18.2 Å². The summed E-state index contributed by atoms with van der Waals surface area (Å²) in [5, 5.41) is 6.74. The van der Waals surface area contributed by atoms with Gasteiger partial charge in [0.15, 0.2) is 18.1 Å². The Morgan fingerprint density at radius 3 is 2.56 bits per heavy atom. The molecule has 0 aliphatic carbocycles. The normalized spacial score (nSPS) is 10.4. The minimum atomic E-state index is -0.408. The van der Waals surface area contributed by atoms with Crippen LogP contribution in [0.2, 0.25) is 0 Å². The monoisotopic (exact) mass is 459 g/mol. The van der Waals surface area contributed by atoms with Crippen LogP contribution in [-0.4, -0.2) is 38.4 Å². The lowest BCUT2D eigenvalue weighted by Crippen LogP contribution is -2.20. The third-order valence-electron chi connectivity index (χ3n) is 4.45. The molecule has 0 aliphatic heterocycles. The molecule has 0 aromatic heterocycles. The second-order valence-electron chi connectivity index (χ2n) is 6.94. The van der Waals surface area contributed by atoms with Crippen molar-refractivity contribution in [3.63, 3.8) is 0 Å². The number of carbonyl (C=O) groups excluding carboxylic acids is 2. The number of hydrogen-bond acceptors (Lipinski definition) is 6. The number of anilines is 1. The van der Waals surface area contributed by atoms with Gasteiger partial charge >= 0.3 is 0 Å². The van der Waals surface area contributed by atoms with Gasteiger partial charge in [0.05, 0.1) is 13.3 Å². The van der Waals surface area contributed by atoms with Gasteiger partial charge in [-0.2, -0.15) is 5.10 Å². The molecule has 0 aliphatic rings. The van der Waals surface area contributed by atoms with E-state index in [2.05, 4.69) is 22.4 Å². The molecule has 174 valence electrons.